The summed E-state index contributed by atoms with van der Waals surface area (Å²) in [5.74, 6) is 0.682. The second-order valence-corrected chi connectivity index (χ2v) is 6.59. The number of pyridine rings is 1. The SMILES string of the molecule is CC[C@@]1(O)CCC[C@@H]2CN(C(=O)c3ncccc3C)C[C@@H]21. The Kier molecular flexibility index (Phi) is 3.74. The van der Waals surface area contributed by atoms with Crippen LogP contribution in [0.5, 0.6) is 0 Å². The Morgan fingerprint density at radius 1 is 1.52 bits per heavy atom. The molecule has 1 aromatic heterocycles. The number of carbonyl (C=O) groups excluding carboxylic acids is 1. The third kappa shape index (κ3) is 2.46. The fourth-order valence-corrected chi connectivity index (χ4v) is 4.09. The van der Waals surface area contributed by atoms with Gasteiger partial charge in [-0.05, 0) is 43.7 Å². The number of hydrogen-bond acceptors (Lipinski definition) is 3. The summed E-state index contributed by atoms with van der Waals surface area (Å²) in [6, 6.07) is 3.78. The van der Waals surface area contributed by atoms with E-state index in [1.807, 2.05) is 24.0 Å². The quantitative estimate of drug-likeness (QED) is 0.909. The van der Waals surface area contributed by atoms with Crippen molar-refractivity contribution in [3.05, 3.63) is 29.6 Å². The lowest BCUT2D eigenvalue weighted by atomic mass is 9.69. The van der Waals surface area contributed by atoms with E-state index in [4.69, 9.17) is 0 Å². The van der Waals surface area contributed by atoms with Crippen LogP contribution in [0.3, 0.4) is 0 Å². The fraction of sp³-hybridized carbons (Fsp3) is 0.647. The average Bonchev–Trinajstić information content (AvgIpc) is 2.93. The van der Waals surface area contributed by atoms with Crippen LogP contribution in [0.25, 0.3) is 0 Å². The van der Waals surface area contributed by atoms with Crippen molar-refractivity contribution in [2.24, 2.45) is 11.8 Å². The van der Waals surface area contributed by atoms with Crippen molar-refractivity contribution in [2.45, 2.75) is 45.1 Å². The van der Waals surface area contributed by atoms with Gasteiger partial charge >= 0.3 is 0 Å². The van der Waals surface area contributed by atoms with Gasteiger partial charge < -0.3 is 10.0 Å². The third-order valence-corrected chi connectivity index (χ3v) is 5.43. The first-order chi connectivity index (χ1) is 10.0. The monoisotopic (exact) mass is 288 g/mol. The number of hydrogen-bond donors (Lipinski definition) is 1. The highest BCUT2D eigenvalue weighted by atomic mass is 16.3. The number of aromatic nitrogens is 1. The lowest BCUT2D eigenvalue weighted by molar-refractivity contribution is -0.0609. The molecule has 1 amide bonds. The molecule has 2 heterocycles. The molecule has 0 bridgehead atoms. The summed E-state index contributed by atoms with van der Waals surface area (Å²) in [4.78, 5) is 18.8. The smallest absolute Gasteiger partial charge is 0.272 e. The van der Waals surface area contributed by atoms with E-state index in [-0.39, 0.29) is 11.8 Å². The maximum Gasteiger partial charge on any atom is 0.272 e. The van der Waals surface area contributed by atoms with E-state index in [1.165, 1.54) is 0 Å². The molecular weight excluding hydrogens is 264 g/mol. The Morgan fingerprint density at radius 3 is 3.05 bits per heavy atom. The second-order valence-electron chi connectivity index (χ2n) is 6.59. The van der Waals surface area contributed by atoms with E-state index < -0.39 is 5.60 Å². The molecule has 1 N–H and O–H groups in total. The van der Waals surface area contributed by atoms with E-state index >= 15 is 0 Å². The minimum absolute atomic E-state index is 0.0148. The number of carbonyl (C=O) groups is 1. The maximum absolute atomic E-state index is 12.7. The van der Waals surface area contributed by atoms with E-state index in [2.05, 4.69) is 11.9 Å². The summed E-state index contributed by atoms with van der Waals surface area (Å²) in [5, 5.41) is 10.8. The van der Waals surface area contributed by atoms with Crippen molar-refractivity contribution in [3.63, 3.8) is 0 Å². The van der Waals surface area contributed by atoms with E-state index in [0.29, 0.717) is 18.2 Å². The molecule has 3 rings (SSSR count). The summed E-state index contributed by atoms with van der Waals surface area (Å²) in [6.45, 7) is 5.41. The van der Waals surface area contributed by atoms with Crippen molar-refractivity contribution in [3.8, 4) is 0 Å². The molecule has 3 atom stereocenters. The topological polar surface area (TPSA) is 53.4 Å². The van der Waals surface area contributed by atoms with Gasteiger partial charge in [0.1, 0.15) is 5.69 Å². The first kappa shape index (κ1) is 14.5. The molecule has 2 aliphatic rings. The van der Waals surface area contributed by atoms with Crippen LogP contribution in [0.15, 0.2) is 18.3 Å². The fourth-order valence-electron chi connectivity index (χ4n) is 4.09. The van der Waals surface area contributed by atoms with Crippen LogP contribution in [0.2, 0.25) is 0 Å². The van der Waals surface area contributed by atoms with Gasteiger partial charge in [0.25, 0.3) is 5.91 Å². The van der Waals surface area contributed by atoms with Crippen LogP contribution in [-0.4, -0.2) is 39.6 Å². The van der Waals surface area contributed by atoms with Crippen molar-refractivity contribution < 1.29 is 9.90 Å². The van der Waals surface area contributed by atoms with Gasteiger partial charge in [0.2, 0.25) is 0 Å². The van der Waals surface area contributed by atoms with Crippen LogP contribution in [-0.2, 0) is 0 Å². The van der Waals surface area contributed by atoms with Gasteiger partial charge in [0.05, 0.1) is 5.60 Å². The van der Waals surface area contributed by atoms with Gasteiger partial charge in [-0.3, -0.25) is 9.78 Å². The number of nitrogens with zero attached hydrogens (tertiary/aromatic N) is 2. The largest absolute Gasteiger partial charge is 0.390 e. The second kappa shape index (κ2) is 5.41. The molecule has 1 aliphatic heterocycles. The van der Waals surface area contributed by atoms with Crippen LogP contribution in [0, 0.1) is 18.8 Å². The Morgan fingerprint density at radius 2 is 2.33 bits per heavy atom. The maximum atomic E-state index is 12.7. The normalized spacial score (nSPS) is 32.0. The van der Waals surface area contributed by atoms with E-state index in [0.717, 1.165) is 37.8 Å². The van der Waals surface area contributed by atoms with Gasteiger partial charge in [-0.15, -0.1) is 0 Å². The minimum atomic E-state index is -0.586. The standard InChI is InChI=1S/C17H24N2O2/c1-3-17(21)8-4-7-13-10-19(11-14(13)17)16(20)15-12(2)6-5-9-18-15/h5-6,9,13-14,21H,3-4,7-8,10-11H2,1-2H3/t13-,14+,17-/m1/s1. The summed E-state index contributed by atoms with van der Waals surface area (Å²) in [5.41, 5.74) is 0.885. The molecule has 21 heavy (non-hydrogen) atoms. The Labute approximate surface area is 126 Å². The molecule has 4 heteroatoms. The molecule has 1 saturated carbocycles. The molecule has 4 nitrogen and oxygen atoms in total. The highest BCUT2D eigenvalue weighted by molar-refractivity contribution is 5.93. The summed E-state index contributed by atoms with van der Waals surface area (Å²) < 4.78 is 0. The lowest BCUT2D eigenvalue weighted by Gasteiger charge is -2.40. The van der Waals surface area contributed by atoms with Crippen molar-refractivity contribution in [1.82, 2.24) is 9.88 Å². The molecule has 114 valence electrons. The number of aryl methyl sites for hydroxylation is 1. The van der Waals surface area contributed by atoms with E-state index in [9.17, 15) is 9.90 Å². The Hall–Kier alpha value is -1.42. The summed E-state index contributed by atoms with van der Waals surface area (Å²) >= 11 is 0. The van der Waals surface area contributed by atoms with Crippen molar-refractivity contribution in [2.75, 3.05) is 13.1 Å². The van der Waals surface area contributed by atoms with Crippen LogP contribution < -0.4 is 0 Å². The molecule has 1 aliphatic carbocycles. The molecule has 0 aromatic carbocycles. The van der Waals surface area contributed by atoms with Crippen LogP contribution in [0.4, 0.5) is 0 Å². The van der Waals surface area contributed by atoms with Crippen molar-refractivity contribution in [1.29, 1.82) is 0 Å². The predicted octanol–water partition coefficient (Wildman–Crippen LogP) is 2.40. The third-order valence-electron chi connectivity index (χ3n) is 5.43. The number of fused-ring (bicyclic) bond motifs is 1. The molecular formula is C17H24N2O2. The first-order valence-electron chi connectivity index (χ1n) is 7.98. The minimum Gasteiger partial charge on any atom is -0.390 e. The Bertz CT molecular complexity index is 545. The Balaban J connectivity index is 1.80. The van der Waals surface area contributed by atoms with Gasteiger partial charge in [-0.25, -0.2) is 0 Å². The highest BCUT2D eigenvalue weighted by Crippen LogP contribution is 2.44. The zero-order valence-electron chi connectivity index (χ0n) is 12.9. The van der Waals surface area contributed by atoms with E-state index in [1.54, 1.807) is 6.20 Å². The van der Waals surface area contributed by atoms with Crippen molar-refractivity contribution >= 4 is 5.91 Å². The molecule has 1 saturated heterocycles. The highest BCUT2D eigenvalue weighted by Gasteiger charge is 2.48. The molecule has 0 spiro atoms. The summed E-state index contributed by atoms with van der Waals surface area (Å²) in [6.07, 6.45) is 5.51. The number of rotatable bonds is 2. The number of aliphatic hydroxyl groups is 1. The number of amides is 1. The van der Waals surface area contributed by atoms with Crippen LogP contribution in [0.1, 0.15) is 48.7 Å². The van der Waals surface area contributed by atoms with Crippen LogP contribution >= 0.6 is 0 Å². The molecule has 0 unspecified atom stereocenters. The molecule has 0 radical (unpaired) electrons. The molecule has 2 fully saturated rings. The lowest BCUT2D eigenvalue weighted by Crippen LogP contribution is -2.44. The van der Waals surface area contributed by atoms with Gasteiger partial charge in [-0.2, -0.15) is 0 Å². The zero-order valence-corrected chi connectivity index (χ0v) is 12.9. The predicted molar refractivity (Wildman–Crippen MR) is 80.9 cm³/mol. The molecule has 1 aromatic rings. The van der Waals surface area contributed by atoms with Gasteiger partial charge in [0, 0.05) is 25.2 Å². The van der Waals surface area contributed by atoms with Gasteiger partial charge in [-0.1, -0.05) is 19.4 Å². The van der Waals surface area contributed by atoms with Gasteiger partial charge in [0.15, 0.2) is 0 Å². The first-order valence-corrected chi connectivity index (χ1v) is 7.98. The summed E-state index contributed by atoms with van der Waals surface area (Å²) in [7, 11) is 0. The zero-order chi connectivity index (χ0) is 15.0. The average molecular weight is 288 g/mol. The number of likely N-dealkylation sites (tertiary alicyclic amines) is 1.